The van der Waals surface area contributed by atoms with Gasteiger partial charge in [-0.25, -0.2) is 0 Å². The highest BCUT2D eigenvalue weighted by Gasteiger charge is 2.29. The third-order valence-electron chi connectivity index (χ3n) is 7.36. The minimum absolute atomic E-state index is 0.0171. The number of halogens is 1. The Hall–Kier alpha value is -2.37. The molecule has 5 nitrogen and oxygen atoms in total. The molecule has 1 amide bonds. The molecule has 0 spiro atoms. The molecular weight excluding hydrogens is 444 g/mol. The van der Waals surface area contributed by atoms with Gasteiger partial charge in [-0.05, 0) is 80.1 Å². The molecule has 180 valence electrons. The van der Waals surface area contributed by atoms with Gasteiger partial charge in [-0.3, -0.25) is 14.7 Å². The number of nitrogens with one attached hydrogen (secondary N) is 1. The Labute approximate surface area is 208 Å². The van der Waals surface area contributed by atoms with E-state index in [4.69, 9.17) is 16.6 Å². The Kier molecular flexibility index (Phi) is 7.21. The van der Waals surface area contributed by atoms with Gasteiger partial charge in [0.2, 0.25) is 5.91 Å². The summed E-state index contributed by atoms with van der Waals surface area (Å²) in [6, 6.07) is 12.8. The van der Waals surface area contributed by atoms with Gasteiger partial charge in [0.25, 0.3) is 0 Å². The van der Waals surface area contributed by atoms with Gasteiger partial charge in [-0.1, -0.05) is 36.7 Å². The van der Waals surface area contributed by atoms with Crippen LogP contribution in [-0.4, -0.2) is 48.7 Å². The number of aliphatic imine (C=N–C) groups is 1. The summed E-state index contributed by atoms with van der Waals surface area (Å²) < 4.78 is 0. The van der Waals surface area contributed by atoms with Crippen LogP contribution in [0.5, 0.6) is 0 Å². The van der Waals surface area contributed by atoms with Crippen LogP contribution in [0.15, 0.2) is 41.4 Å². The third kappa shape index (κ3) is 5.16. The quantitative estimate of drug-likeness (QED) is 0.559. The number of anilines is 1. The van der Waals surface area contributed by atoms with Gasteiger partial charge in [0, 0.05) is 48.9 Å². The second-order valence-electron chi connectivity index (χ2n) is 9.88. The van der Waals surface area contributed by atoms with E-state index in [-0.39, 0.29) is 11.9 Å². The average Bonchev–Trinajstić information content (AvgIpc) is 3.60. The van der Waals surface area contributed by atoms with E-state index in [0.717, 1.165) is 85.8 Å². The zero-order chi connectivity index (χ0) is 23.5. The monoisotopic (exact) mass is 478 g/mol. The number of likely N-dealkylation sites (tertiary alicyclic amines) is 1. The van der Waals surface area contributed by atoms with Crippen molar-refractivity contribution >= 4 is 34.6 Å². The number of hydrogen-bond donors (Lipinski definition) is 1. The first-order valence-corrected chi connectivity index (χ1v) is 13.2. The molecule has 3 aliphatic heterocycles. The first kappa shape index (κ1) is 23.4. The Bertz CT molecular complexity index is 1080. The summed E-state index contributed by atoms with van der Waals surface area (Å²) in [6.45, 7) is 7.01. The third-order valence-corrected chi connectivity index (χ3v) is 7.73. The lowest BCUT2D eigenvalue weighted by Gasteiger charge is -2.23. The lowest BCUT2D eigenvalue weighted by Crippen LogP contribution is -2.43. The fourth-order valence-corrected chi connectivity index (χ4v) is 5.77. The van der Waals surface area contributed by atoms with Crippen molar-refractivity contribution in [2.45, 2.75) is 64.5 Å². The van der Waals surface area contributed by atoms with Gasteiger partial charge in [0.05, 0.1) is 11.7 Å². The van der Waals surface area contributed by atoms with Crippen molar-refractivity contribution in [3.8, 4) is 0 Å². The molecule has 1 N–H and O–H groups in total. The molecule has 6 heteroatoms. The molecule has 2 aromatic rings. The molecule has 3 heterocycles. The first-order chi connectivity index (χ1) is 16.6. The van der Waals surface area contributed by atoms with Crippen LogP contribution in [0.4, 0.5) is 11.4 Å². The van der Waals surface area contributed by atoms with Crippen LogP contribution in [0.25, 0.3) is 0 Å². The van der Waals surface area contributed by atoms with Crippen molar-refractivity contribution in [1.82, 2.24) is 10.2 Å². The van der Waals surface area contributed by atoms with Crippen LogP contribution in [0.1, 0.15) is 55.7 Å². The van der Waals surface area contributed by atoms with Crippen molar-refractivity contribution in [1.29, 1.82) is 0 Å². The number of fused-ring (bicyclic) bond motifs is 1. The SMILES string of the molecule is CCCN1CCCC1C(=O)NCc1ccc(Cl)c(CC2=Nc3cc(N4CCCC4)ccc3C2)c1. The van der Waals surface area contributed by atoms with E-state index in [1.807, 2.05) is 12.1 Å². The fourth-order valence-electron chi connectivity index (χ4n) is 5.59. The van der Waals surface area contributed by atoms with Crippen molar-refractivity contribution in [2.24, 2.45) is 4.99 Å². The van der Waals surface area contributed by atoms with Crippen LogP contribution in [0.2, 0.25) is 5.02 Å². The number of amides is 1. The topological polar surface area (TPSA) is 47.9 Å². The predicted molar refractivity (Wildman–Crippen MR) is 141 cm³/mol. The van der Waals surface area contributed by atoms with Gasteiger partial charge in [-0.2, -0.15) is 0 Å². The average molecular weight is 479 g/mol. The van der Waals surface area contributed by atoms with Crippen molar-refractivity contribution in [2.75, 3.05) is 31.1 Å². The molecule has 2 saturated heterocycles. The van der Waals surface area contributed by atoms with E-state index in [2.05, 4.69) is 46.3 Å². The van der Waals surface area contributed by atoms with E-state index >= 15 is 0 Å². The van der Waals surface area contributed by atoms with Gasteiger partial charge in [0.1, 0.15) is 0 Å². The number of benzene rings is 2. The van der Waals surface area contributed by atoms with Crippen molar-refractivity contribution < 1.29 is 4.79 Å². The molecule has 2 fully saturated rings. The predicted octanol–water partition coefficient (Wildman–Crippen LogP) is 5.30. The Balaban J connectivity index is 1.22. The Morgan fingerprint density at radius 1 is 1.12 bits per heavy atom. The molecule has 1 atom stereocenters. The molecule has 1 unspecified atom stereocenters. The number of rotatable bonds is 8. The minimum atomic E-state index is 0.0171. The summed E-state index contributed by atoms with van der Waals surface area (Å²) in [4.78, 5) is 22.5. The molecule has 34 heavy (non-hydrogen) atoms. The number of carbonyl (C=O) groups is 1. The van der Waals surface area contributed by atoms with E-state index < -0.39 is 0 Å². The lowest BCUT2D eigenvalue weighted by molar-refractivity contribution is -0.125. The maximum absolute atomic E-state index is 12.8. The molecule has 0 aliphatic carbocycles. The highest BCUT2D eigenvalue weighted by atomic mass is 35.5. The molecule has 0 saturated carbocycles. The van der Waals surface area contributed by atoms with E-state index in [9.17, 15) is 4.79 Å². The van der Waals surface area contributed by atoms with E-state index in [0.29, 0.717) is 6.54 Å². The highest BCUT2D eigenvalue weighted by Crippen LogP contribution is 2.33. The second-order valence-corrected chi connectivity index (χ2v) is 10.3. The normalized spacial score (nSPS) is 20.0. The number of nitrogens with zero attached hydrogens (tertiary/aromatic N) is 3. The van der Waals surface area contributed by atoms with E-state index in [1.165, 1.54) is 24.1 Å². The Morgan fingerprint density at radius 2 is 1.97 bits per heavy atom. The van der Waals surface area contributed by atoms with Gasteiger partial charge in [0.15, 0.2) is 0 Å². The molecule has 5 rings (SSSR count). The summed E-state index contributed by atoms with van der Waals surface area (Å²) in [5, 5.41) is 3.92. The van der Waals surface area contributed by atoms with E-state index in [1.54, 1.807) is 0 Å². The largest absolute Gasteiger partial charge is 0.371 e. The summed E-state index contributed by atoms with van der Waals surface area (Å²) >= 11 is 6.56. The second kappa shape index (κ2) is 10.5. The minimum Gasteiger partial charge on any atom is -0.371 e. The maximum Gasteiger partial charge on any atom is 0.237 e. The summed E-state index contributed by atoms with van der Waals surface area (Å²) in [5.74, 6) is 0.145. The van der Waals surface area contributed by atoms with Crippen molar-refractivity contribution in [3.05, 3.63) is 58.1 Å². The standard InChI is InChI=1S/C28H35ClN4O/c1-2-11-33-14-5-6-27(33)28(34)30-19-20-7-10-25(29)22(15-20)17-23-16-21-8-9-24(18-26(21)31-23)32-12-3-4-13-32/h7-10,15,18,27H,2-6,11-14,16-17,19H2,1H3,(H,30,34). The smallest absolute Gasteiger partial charge is 0.237 e. The molecule has 3 aliphatic rings. The summed E-state index contributed by atoms with van der Waals surface area (Å²) in [7, 11) is 0. The summed E-state index contributed by atoms with van der Waals surface area (Å²) in [5.41, 5.74) is 7.00. The fraction of sp³-hybridized carbons (Fsp3) is 0.500. The highest BCUT2D eigenvalue weighted by molar-refractivity contribution is 6.31. The number of hydrogen-bond acceptors (Lipinski definition) is 4. The van der Waals surface area contributed by atoms with Gasteiger partial charge in [-0.15, -0.1) is 0 Å². The molecule has 2 aromatic carbocycles. The van der Waals surface area contributed by atoms with Crippen molar-refractivity contribution in [3.63, 3.8) is 0 Å². The maximum atomic E-state index is 12.8. The first-order valence-electron chi connectivity index (χ1n) is 12.8. The molecule has 0 aromatic heterocycles. The zero-order valence-electron chi connectivity index (χ0n) is 20.2. The lowest BCUT2D eigenvalue weighted by atomic mass is 10.0. The zero-order valence-corrected chi connectivity index (χ0v) is 20.9. The Morgan fingerprint density at radius 3 is 2.79 bits per heavy atom. The van der Waals surface area contributed by atoms with Crippen LogP contribution < -0.4 is 10.2 Å². The number of carbonyl (C=O) groups excluding carboxylic acids is 1. The van der Waals surface area contributed by atoms with Gasteiger partial charge >= 0.3 is 0 Å². The van der Waals surface area contributed by atoms with Gasteiger partial charge < -0.3 is 10.2 Å². The molecular formula is C28H35ClN4O. The van der Waals surface area contributed by atoms with Crippen LogP contribution in [0, 0.1) is 0 Å². The van der Waals surface area contributed by atoms with Crippen LogP contribution in [-0.2, 0) is 24.2 Å². The van der Waals surface area contributed by atoms with Crippen LogP contribution in [0.3, 0.4) is 0 Å². The molecule has 0 radical (unpaired) electrons. The summed E-state index contributed by atoms with van der Waals surface area (Å²) in [6.07, 6.45) is 7.31. The molecule has 0 bridgehead atoms. The van der Waals surface area contributed by atoms with Crippen LogP contribution >= 0.6 is 11.6 Å².